The van der Waals surface area contributed by atoms with Crippen LogP contribution in [0.2, 0.25) is 0 Å². The molecule has 0 radical (unpaired) electrons. The van der Waals surface area contributed by atoms with Crippen LogP contribution >= 0.6 is 11.8 Å². The lowest BCUT2D eigenvalue weighted by atomic mass is 10.1. The summed E-state index contributed by atoms with van der Waals surface area (Å²) >= 11 is 1.33. The Bertz CT molecular complexity index is 1270. The third kappa shape index (κ3) is 4.79. The van der Waals surface area contributed by atoms with E-state index in [0.717, 1.165) is 28.1 Å². The highest BCUT2D eigenvalue weighted by atomic mass is 32.2. The lowest BCUT2D eigenvalue weighted by Gasteiger charge is -2.16. The normalized spacial score (nSPS) is 15.8. The predicted octanol–water partition coefficient (Wildman–Crippen LogP) is 6.14. The first-order valence-electron chi connectivity index (χ1n) is 10.7. The predicted molar refractivity (Wildman–Crippen MR) is 139 cm³/mol. The van der Waals surface area contributed by atoms with Crippen LogP contribution in [-0.2, 0) is 4.79 Å². The fraction of sp³-hybridized carbons (Fsp3) is 0.185. The van der Waals surface area contributed by atoms with Crippen molar-refractivity contribution in [3.8, 4) is 17.2 Å². The summed E-state index contributed by atoms with van der Waals surface area (Å²) < 4.78 is 16.3. The zero-order valence-corrected chi connectivity index (χ0v) is 20.6. The first-order valence-corrected chi connectivity index (χ1v) is 11.5. The Kier molecular flexibility index (Phi) is 6.93. The Balaban J connectivity index is 1.81. The van der Waals surface area contributed by atoms with Gasteiger partial charge in [-0.3, -0.25) is 9.69 Å². The van der Waals surface area contributed by atoms with Crippen LogP contribution in [0.4, 0.5) is 11.4 Å². The first-order chi connectivity index (χ1) is 16.4. The number of aryl methyl sites for hydroxylation is 2. The molecule has 0 spiro atoms. The molecule has 3 aromatic rings. The van der Waals surface area contributed by atoms with Crippen molar-refractivity contribution >= 4 is 40.3 Å². The molecule has 1 aliphatic rings. The van der Waals surface area contributed by atoms with Crippen molar-refractivity contribution in [2.45, 2.75) is 13.8 Å². The quantitative estimate of drug-likeness (QED) is 0.402. The number of methoxy groups -OCH3 is 3. The van der Waals surface area contributed by atoms with Gasteiger partial charge < -0.3 is 14.2 Å². The molecule has 1 amide bonds. The van der Waals surface area contributed by atoms with E-state index in [0.29, 0.717) is 27.3 Å². The van der Waals surface area contributed by atoms with E-state index in [4.69, 9.17) is 19.2 Å². The second-order valence-corrected chi connectivity index (χ2v) is 8.79. The van der Waals surface area contributed by atoms with Crippen molar-refractivity contribution < 1.29 is 19.0 Å². The average Bonchev–Trinajstić information content (AvgIpc) is 3.12. The highest BCUT2D eigenvalue weighted by Crippen LogP contribution is 2.41. The number of nitrogens with zero attached hydrogens (tertiary/aromatic N) is 2. The van der Waals surface area contributed by atoms with E-state index >= 15 is 0 Å². The molecule has 174 valence electrons. The van der Waals surface area contributed by atoms with E-state index < -0.39 is 0 Å². The van der Waals surface area contributed by atoms with Crippen LogP contribution in [0, 0.1) is 13.8 Å². The molecular weight excluding hydrogens is 448 g/mol. The number of amidine groups is 1. The maximum Gasteiger partial charge on any atom is 0.271 e. The number of aliphatic imine (C=N–C) groups is 1. The lowest BCUT2D eigenvalue weighted by Crippen LogP contribution is -2.28. The molecule has 0 atom stereocenters. The number of hydrogen-bond acceptors (Lipinski definition) is 6. The summed E-state index contributed by atoms with van der Waals surface area (Å²) in [5.74, 6) is 1.40. The number of thioether (sulfide) groups is 1. The second kappa shape index (κ2) is 10.1. The molecular formula is C27H26N2O4S. The van der Waals surface area contributed by atoms with Gasteiger partial charge in [0.25, 0.3) is 5.91 Å². The molecule has 1 heterocycles. The molecule has 0 unspecified atom stereocenters. The van der Waals surface area contributed by atoms with Gasteiger partial charge in [-0.1, -0.05) is 24.3 Å². The zero-order valence-electron chi connectivity index (χ0n) is 19.8. The highest BCUT2D eigenvalue weighted by molar-refractivity contribution is 8.19. The van der Waals surface area contributed by atoms with Gasteiger partial charge in [0.2, 0.25) is 5.75 Å². The summed E-state index contributed by atoms with van der Waals surface area (Å²) in [5, 5.41) is 0.597. The average molecular weight is 475 g/mol. The molecule has 0 aliphatic carbocycles. The number of carbonyl (C=O) groups excluding carboxylic acids is 1. The maximum atomic E-state index is 13.6. The van der Waals surface area contributed by atoms with Gasteiger partial charge in [0, 0.05) is 0 Å². The largest absolute Gasteiger partial charge is 0.493 e. The molecule has 4 rings (SSSR count). The number of anilines is 1. The van der Waals surface area contributed by atoms with Crippen LogP contribution in [0.15, 0.2) is 70.6 Å². The van der Waals surface area contributed by atoms with Crippen molar-refractivity contribution in [3.05, 3.63) is 82.3 Å². The number of hydrogen-bond donors (Lipinski definition) is 0. The molecule has 0 bridgehead atoms. The minimum atomic E-state index is -0.143. The molecule has 34 heavy (non-hydrogen) atoms. The standard InChI is InChI=1S/C27H26N2O4S/c1-17-8-6-10-20(12-17)28-27-29(21-11-7-9-18(2)13-21)26(30)24(34-27)16-19-14-22(31-3)25(33-5)23(15-19)32-4/h6-16H,1-5H3/b24-16-,28-27?. The molecule has 7 heteroatoms. The van der Waals surface area contributed by atoms with Crippen LogP contribution in [-0.4, -0.2) is 32.4 Å². The summed E-state index contributed by atoms with van der Waals surface area (Å²) in [7, 11) is 4.69. The zero-order chi connectivity index (χ0) is 24.2. The minimum Gasteiger partial charge on any atom is -0.493 e. The van der Waals surface area contributed by atoms with Gasteiger partial charge in [-0.05, 0) is 84.8 Å². The van der Waals surface area contributed by atoms with Crippen molar-refractivity contribution in [2.24, 2.45) is 4.99 Å². The van der Waals surface area contributed by atoms with E-state index in [1.165, 1.54) is 11.8 Å². The van der Waals surface area contributed by atoms with E-state index in [9.17, 15) is 4.79 Å². The Morgan fingerprint density at radius 2 is 1.50 bits per heavy atom. The molecule has 0 saturated carbocycles. The van der Waals surface area contributed by atoms with Crippen LogP contribution in [0.25, 0.3) is 6.08 Å². The summed E-state index contributed by atoms with van der Waals surface area (Å²) in [6, 6.07) is 19.4. The van der Waals surface area contributed by atoms with Crippen molar-refractivity contribution in [1.82, 2.24) is 0 Å². The van der Waals surface area contributed by atoms with E-state index in [2.05, 4.69) is 0 Å². The van der Waals surface area contributed by atoms with Gasteiger partial charge in [0.05, 0.1) is 37.6 Å². The lowest BCUT2D eigenvalue weighted by molar-refractivity contribution is -0.113. The molecule has 3 aromatic carbocycles. The number of benzene rings is 3. The number of amides is 1. The van der Waals surface area contributed by atoms with Crippen molar-refractivity contribution in [1.29, 1.82) is 0 Å². The first kappa shape index (κ1) is 23.4. The van der Waals surface area contributed by atoms with E-state index in [-0.39, 0.29) is 5.91 Å². The fourth-order valence-corrected chi connectivity index (χ4v) is 4.69. The van der Waals surface area contributed by atoms with Crippen LogP contribution < -0.4 is 19.1 Å². The van der Waals surface area contributed by atoms with Crippen LogP contribution in [0.3, 0.4) is 0 Å². The maximum absolute atomic E-state index is 13.6. The number of ether oxygens (including phenoxy) is 3. The van der Waals surface area contributed by atoms with Gasteiger partial charge in [-0.2, -0.15) is 0 Å². The Labute approximate surface area is 203 Å². The Hall–Kier alpha value is -3.71. The Morgan fingerprint density at radius 3 is 2.09 bits per heavy atom. The Morgan fingerprint density at radius 1 is 0.853 bits per heavy atom. The van der Waals surface area contributed by atoms with Gasteiger partial charge in [-0.25, -0.2) is 4.99 Å². The summed E-state index contributed by atoms with van der Waals surface area (Å²) in [6.45, 7) is 4.02. The van der Waals surface area contributed by atoms with Gasteiger partial charge in [0.1, 0.15) is 0 Å². The molecule has 6 nitrogen and oxygen atoms in total. The van der Waals surface area contributed by atoms with Crippen LogP contribution in [0.1, 0.15) is 16.7 Å². The second-order valence-electron chi connectivity index (χ2n) is 7.78. The van der Waals surface area contributed by atoms with Gasteiger partial charge in [-0.15, -0.1) is 0 Å². The molecule has 0 N–H and O–H groups in total. The summed E-state index contributed by atoms with van der Waals surface area (Å²) in [6.07, 6.45) is 1.82. The fourth-order valence-electron chi connectivity index (χ4n) is 3.69. The van der Waals surface area contributed by atoms with Crippen molar-refractivity contribution in [2.75, 3.05) is 26.2 Å². The van der Waals surface area contributed by atoms with Crippen molar-refractivity contribution in [3.63, 3.8) is 0 Å². The van der Waals surface area contributed by atoms with E-state index in [1.54, 1.807) is 26.2 Å². The van der Waals surface area contributed by atoms with Crippen LogP contribution in [0.5, 0.6) is 17.2 Å². The SMILES string of the molecule is COc1cc(/C=C2\SC(=Nc3cccc(C)c3)N(c3cccc(C)c3)C2=O)cc(OC)c1OC. The van der Waals surface area contributed by atoms with Gasteiger partial charge >= 0.3 is 0 Å². The summed E-state index contributed by atoms with van der Waals surface area (Å²) in [5.41, 5.74) is 4.49. The molecule has 1 saturated heterocycles. The molecule has 1 fully saturated rings. The summed E-state index contributed by atoms with van der Waals surface area (Å²) in [4.78, 5) is 20.6. The van der Waals surface area contributed by atoms with Gasteiger partial charge in [0.15, 0.2) is 16.7 Å². The topological polar surface area (TPSA) is 60.4 Å². The number of rotatable bonds is 6. The minimum absolute atomic E-state index is 0.143. The number of carbonyl (C=O) groups is 1. The molecule has 1 aliphatic heterocycles. The highest BCUT2D eigenvalue weighted by Gasteiger charge is 2.35. The monoisotopic (exact) mass is 474 g/mol. The third-order valence-corrected chi connectivity index (χ3v) is 6.25. The third-order valence-electron chi connectivity index (χ3n) is 5.28. The smallest absolute Gasteiger partial charge is 0.271 e. The van der Waals surface area contributed by atoms with E-state index in [1.807, 2.05) is 80.6 Å². The molecule has 0 aromatic heterocycles.